The zero-order valence-electron chi connectivity index (χ0n) is 13.6. The van der Waals surface area contributed by atoms with E-state index < -0.39 is 11.6 Å². The summed E-state index contributed by atoms with van der Waals surface area (Å²) >= 11 is 7.40. The molecule has 24 heavy (non-hydrogen) atoms. The first kappa shape index (κ1) is 18.6. The maximum absolute atomic E-state index is 12.6. The van der Waals surface area contributed by atoms with Gasteiger partial charge in [-0.15, -0.1) is 11.8 Å². The number of aliphatic hydroxyl groups is 1. The molecular formula is C17H18ClNO4S. The lowest BCUT2D eigenvalue weighted by atomic mass is 9.87. The molecule has 0 fully saturated rings. The van der Waals surface area contributed by atoms with Crippen LogP contribution < -0.4 is 4.74 Å². The molecule has 1 aromatic carbocycles. The van der Waals surface area contributed by atoms with E-state index in [2.05, 4.69) is 4.98 Å². The number of pyridine rings is 1. The topological polar surface area (TPSA) is 68.7 Å². The molecule has 0 saturated carbocycles. The molecule has 0 radical (unpaired) electrons. The molecule has 7 heteroatoms. The number of methoxy groups -OCH3 is 1. The van der Waals surface area contributed by atoms with Crippen molar-refractivity contribution in [1.82, 2.24) is 4.98 Å². The first-order valence-electron chi connectivity index (χ1n) is 7.21. The van der Waals surface area contributed by atoms with Gasteiger partial charge in [-0.2, -0.15) is 0 Å². The maximum Gasteiger partial charge on any atom is 0.347 e. The Balaban J connectivity index is 2.62. The van der Waals surface area contributed by atoms with Gasteiger partial charge in [0.25, 0.3) is 0 Å². The van der Waals surface area contributed by atoms with E-state index in [1.807, 2.05) is 6.26 Å². The summed E-state index contributed by atoms with van der Waals surface area (Å²) in [5.41, 5.74) is -1.33. The van der Waals surface area contributed by atoms with E-state index in [9.17, 15) is 9.90 Å². The first-order valence-corrected chi connectivity index (χ1v) is 8.82. The van der Waals surface area contributed by atoms with Gasteiger partial charge in [0.05, 0.1) is 18.7 Å². The van der Waals surface area contributed by atoms with Crippen molar-refractivity contribution >= 4 is 29.3 Å². The molecule has 1 N–H and O–H groups in total. The number of halogens is 1. The van der Waals surface area contributed by atoms with Crippen LogP contribution in [-0.2, 0) is 15.1 Å². The van der Waals surface area contributed by atoms with Crippen LogP contribution in [0.2, 0.25) is 5.15 Å². The predicted octanol–water partition coefficient (Wildman–Crippen LogP) is 3.26. The number of carbonyl (C=O) groups excluding carboxylic acids is 1. The number of carbonyl (C=O) groups is 1. The molecule has 1 atom stereocenters. The lowest BCUT2D eigenvalue weighted by Crippen LogP contribution is -2.38. The van der Waals surface area contributed by atoms with Crippen LogP contribution in [0.1, 0.15) is 18.1 Å². The van der Waals surface area contributed by atoms with E-state index in [-0.39, 0.29) is 11.8 Å². The predicted molar refractivity (Wildman–Crippen MR) is 93.7 cm³/mol. The van der Waals surface area contributed by atoms with Gasteiger partial charge in [0, 0.05) is 5.56 Å². The Kier molecular flexibility index (Phi) is 6.10. The second-order valence-corrected chi connectivity index (χ2v) is 6.09. The molecular weight excluding hydrogens is 350 g/mol. The van der Waals surface area contributed by atoms with Gasteiger partial charge >= 0.3 is 5.97 Å². The number of nitrogens with zero attached hydrogens (tertiary/aromatic N) is 1. The molecule has 0 amide bonds. The molecule has 1 aromatic heterocycles. The molecule has 0 aliphatic carbocycles. The molecule has 1 unspecified atom stereocenters. The molecule has 0 saturated heterocycles. The van der Waals surface area contributed by atoms with Crippen LogP contribution in [0.25, 0.3) is 0 Å². The van der Waals surface area contributed by atoms with Crippen LogP contribution in [0.15, 0.2) is 41.4 Å². The Labute approximate surface area is 150 Å². The largest absolute Gasteiger partial charge is 0.497 e. The minimum Gasteiger partial charge on any atom is -0.497 e. The molecule has 0 aliphatic rings. The number of esters is 1. The average molecular weight is 368 g/mol. The number of thioether (sulfide) groups is 1. The van der Waals surface area contributed by atoms with Crippen LogP contribution in [0, 0.1) is 0 Å². The Hall–Kier alpha value is -1.76. The minimum absolute atomic E-state index is 0.144. The van der Waals surface area contributed by atoms with Crippen molar-refractivity contribution in [1.29, 1.82) is 0 Å². The summed E-state index contributed by atoms with van der Waals surface area (Å²) in [5, 5.41) is 12.0. The molecule has 0 spiro atoms. The van der Waals surface area contributed by atoms with Gasteiger partial charge in [0.1, 0.15) is 10.9 Å². The first-order chi connectivity index (χ1) is 11.4. The van der Waals surface area contributed by atoms with E-state index in [1.165, 1.54) is 17.8 Å². The maximum atomic E-state index is 12.6. The highest BCUT2D eigenvalue weighted by atomic mass is 35.5. The molecule has 2 aromatic rings. The van der Waals surface area contributed by atoms with Crippen molar-refractivity contribution in [2.75, 3.05) is 20.0 Å². The highest BCUT2D eigenvalue weighted by Crippen LogP contribution is 2.34. The quantitative estimate of drug-likeness (QED) is 0.480. The third kappa shape index (κ3) is 3.66. The SMILES string of the molecule is CCOC(=O)C(O)(c1ccc(OC)cc1)c1cc(Cl)nc(SC)c1. The smallest absolute Gasteiger partial charge is 0.347 e. The van der Waals surface area contributed by atoms with Gasteiger partial charge < -0.3 is 14.6 Å². The lowest BCUT2D eigenvalue weighted by molar-refractivity contribution is -0.161. The molecule has 128 valence electrons. The second-order valence-electron chi connectivity index (χ2n) is 4.88. The van der Waals surface area contributed by atoms with E-state index in [1.54, 1.807) is 44.4 Å². The average Bonchev–Trinajstić information content (AvgIpc) is 2.60. The Morgan fingerprint density at radius 3 is 2.50 bits per heavy atom. The fraction of sp³-hybridized carbons (Fsp3) is 0.294. The third-order valence-corrected chi connectivity index (χ3v) is 4.30. The molecule has 5 nitrogen and oxygen atoms in total. The number of hydrogen-bond acceptors (Lipinski definition) is 6. The van der Waals surface area contributed by atoms with Crippen molar-refractivity contribution in [2.24, 2.45) is 0 Å². The van der Waals surface area contributed by atoms with E-state index in [0.717, 1.165) is 0 Å². The van der Waals surface area contributed by atoms with Crippen molar-refractivity contribution in [2.45, 2.75) is 17.6 Å². The number of benzene rings is 1. The second kappa shape index (κ2) is 7.88. The fourth-order valence-electron chi connectivity index (χ4n) is 2.26. The summed E-state index contributed by atoms with van der Waals surface area (Å²) < 4.78 is 10.2. The van der Waals surface area contributed by atoms with Crippen LogP contribution in [0.3, 0.4) is 0 Å². The van der Waals surface area contributed by atoms with Gasteiger partial charge in [0.15, 0.2) is 0 Å². The van der Waals surface area contributed by atoms with Gasteiger partial charge in [-0.05, 0) is 43.0 Å². The number of rotatable bonds is 6. The van der Waals surface area contributed by atoms with E-state index in [4.69, 9.17) is 21.1 Å². The van der Waals surface area contributed by atoms with E-state index in [0.29, 0.717) is 21.9 Å². The summed E-state index contributed by atoms with van der Waals surface area (Å²) in [6, 6.07) is 9.64. The van der Waals surface area contributed by atoms with Crippen LogP contribution in [0.4, 0.5) is 0 Å². The van der Waals surface area contributed by atoms with Crippen molar-refractivity contribution in [3.63, 3.8) is 0 Å². The number of ether oxygens (including phenoxy) is 2. The lowest BCUT2D eigenvalue weighted by Gasteiger charge is -2.27. The summed E-state index contributed by atoms with van der Waals surface area (Å²) in [6.45, 7) is 1.82. The van der Waals surface area contributed by atoms with Crippen LogP contribution >= 0.6 is 23.4 Å². The molecule has 2 rings (SSSR count). The third-order valence-electron chi connectivity index (χ3n) is 3.48. The minimum atomic E-state index is -1.99. The highest BCUT2D eigenvalue weighted by Gasteiger charge is 2.42. The standard InChI is InChI=1S/C17H18ClNO4S/c1-4-23-16(20)17(21,11-5-7-13(22-2)8-6-11)12-9-14(18)19-15(10-12)24-3/h5-10,21H,4H2,1-3H3. The van der Waals surface area contributed by atoms with Crippen molar-refractivity contribution < 1.29 is 19.4 Å². The van der Waals surface area contributed by atoms with Crippen molar-refractivity contribution in [3.8, 4) is 5.75 Å². The molecule has 0 bridgehead atoms. The summed E-state index contributed by atoms with van der Waals surface area (Å²) in [7, 11) is 1.54. The normalized spacial score (nSPS) is 13.2. The Morgan fingerprint density at radius 1 is 1.29 bits per heavy atom. The summed E-state index contributed by atoms with van der Waals surface area (Å²) in [4.78, 5) is 16.7. The van der Waals surface area contributed by atoms with Gasteiger partial charge in [-0.1, -0.05) is 23.7 Å². The summed E-state index contributed by atoms with van der Waals surface area (Å²) in [6.07, 6.45) is 1.83. The fourth-order valence-corrected chi connectivity index (χ4v) is 2.95. The summed E-state index contributed by atoms with van der Waals surface area (Å²) in [5.74, 6) is -0.160. The zero-order chi connectivity index (χ0) is 17.7. The highest BCUT2D eigenvalue weighted by molar-refractivity contribution is 7.98. The van der Waals surface area contributed by atoms with Gasteiger partial charge in [-0.3, -0.25) is 0 Å². The Morgan fingerprint density at radius 2 is 1.96 bits per heavy atom. The number of hydrogen-bond donors (Lipinski definition) is 1. The molecule has 1 heterocycles. The monoisotopic (exact) mass is 367 g/mol. The Bertz CT molecular complexity index is 723. The zero-order valence-corrected chi connectivity index (χ0v) is 15.1. The van der Waals surface area contributed by atoms with Crippen molar-refractivity contribution in [3.05, 3.63) is 52.7 Å². The van der Waals surface area contributed by atoms with Crippen LogP contribution in [-0.4, -0.2) is 36.0 Å². The number of aromatic nitrogens is 1. The molecule has 0 aliphatic heterocycles. The van der Waals surface area contributed by atoms with Crippen LogP contribution in [0.5, 0.6) is 5.75 Å². The van der Waals surface area contributed by atoms with Gasteiger partial charge in [-0.25, -0.2) is 9.78 Å². The van der Waals surface area contributed by atoms with Gasteiger partial charge in [0.2, 0.25) is 5.60 Å². The van der Waals surface area contributed by atoms with E-state index >= 15 is 0 Å².